The first-order chi connectivity index (χ1) is 10.5. The highest BCUT2D eigenvalue weighted by Gasteiger charge is 2.35. The molecule has 3 aromatic rings. The fourth-order valence-corrected chi connectivity index (χ4v) is 2.03. The number of fused-ring (bicyclic) bond motifs is 1. The van der Waals surface area contributed by atoms with Gasteiger partial charge in [0, 0.05) is 17.8 Å². The molecule has 0 unspecified atom stereocenters. The predicted molar refractivity (Wildman–Crippen MR) is 72.5 cm³/mol. The molecule has 0 radical (unpaired) electrons. The van der Waals surface area contributed by atoms with Crippen molar-refractivity contribution in [3.8, 4) is 17.6 Å². The number of nitriles is 1. The summed E-state index contributed by atoms with van der Waals surface area (Å²) in [5.74, 6) is -0.106. The number of aromatic nitrogens is 3. The van der Waals surface area contributed by atoms with Crippen molar-refractivity contribution >= 4 is 10.9 Å². The number of pyridine rings is 1. The summed E-state index contributed by atoms with van der Waals surface area (Å²) in [5.41, 5.74) is -0.329. The molecule has 0 spiro atoms. The lowest BCUT2D eigenvalue weighted by Gasteiger charge is -2.10. The minimum atomic E-state index is -4.54. The molecule has 0 saturated carbocycles. The Morgan fingerprint density at radius 2 is 1.91 bits per heavy atom. The molecule has 4 nitrogen and oxygen atoms in total. The Hall–Kier alpha value is -3.01. The van der Waals surface area contributed by atoms with Gasteiger partial charge in [0.2, 0.25) is 0 Å². The molecule has 1 aromatic carbocycles. The smallest absolute Gasteiger partial charge is 0.252 e. The van der Waals surface area contributed by atoms with Gasteiger partial charge in [-0.2, -0.15) is 18.4 Å². The minimum Gasteiger partial charge on any atom is -0.252 e. The highest BCUT2D eigenvalue weighted by Crippen LogP contribution is 2.34. The molecule has 7 heteroatoms. The summed E-state index contributed by atoms with van der Waals surface area (Å²) in [7, 11) is 0. The first kappa shape index (κ1) is 13.9. The fraction of sp³-hybridized carbons (Fsp3) is 0.0667. The van der Waals surface area contributed by atoms with Crippen LogP contribution in [0.2, 0.25) is 0 Å². The summed E-state index contributed by atoms with van der Waals surface area (Å²) in [6, 6.07) is 8.81. The van der Waals surface area contributed by atoms with Crippen LogP contribution in [0.5, 0.6) is 0 Å². The molecule has 0 bridgehead atoms. The maximum atomic E-state index is 13.0. The number of nitrogens with zero attached hydrogens (tertiary/aromatic N) is 4. The summed E-state index contributed by atoms with van der Waals surface area (Å²) in [6.45, 7) is 0. The van der Waals surface area contributed by atoms with Gasteiger partial charge in [0.05, 0.1) is 22.7 Å². The summed E-state index contributed by atoms with van der Waals surface area (Å²) >= 11 is 0. The Morgan fingerprint density at radius 1 is 1.09 bits per heavy atom. The molecule has 0 N–H and O–H groups in total. The van der Waals surface area contributed by atoms with Crippen LogP contribution in [0.4, 0.5) is 13.2 Å². The van der Waals surface area contributed by atoms with Gasteiger partial charge < -0.3 is 0 Å². The molecule has 0 aliphatic heterocycles. The van der Waals surface area contributed by atoms with Gasteiger partial charge in [-0.1, -0.05) is 0 Å². The topological polar surface area (TPSA) is 62.5 Å². The monoisotopic (exact) mass is 300 g/mol. The van der Waals surface area contributed by atoms with E-state index in [1.54, 1.807) is 18.2 Å². The van der Waals surface area contributed by atoms with Crippen LogP contribution in [0.15, 0.2) is 42.7 Å². The Kier molecular flexibility index (Phi) is 3.22. The van der Waals surface area contributed by atoms with E-state index in [0.717, 1.165) is 6.07 Å². The van der Waals surface area contributed by atoms with Crippen LogP contribution in [-0.4, -0.2) is 15.0 Å². The minimum absolute atomic E-state index is 0.106. The third-order valence-electron chi connectivity index (χ3n) is 3.03. The van der Waals surface area contributed by atoms with Crippen molar-refractivity contribution < 1.29 is 13.2 Å². The van der Waals surface area contributed by atoms with Crippen molar-refractivity contribution in [3.05, 3.63) is 53.9 Å². The SMILES string of the molecule is N#Cc1ccc2nc(-c3ncccc3C(F)(F)F)ncc2c1. The molecule has 0 fully saturated rings. The lowest BCUT2D eigenvalue weighted by molar-refractivity contribution is -0.137. The Bertz CT molecular complexity index is 897. The van der Waals surface area contributed by atoms with E-state index in [0.29, 0.717) is 16.5 Å². The first-order valence-corrected chi connectivity index (χ1v) is 6.18. The Morgan fingerprint density at radius 3 is 2.64 bits per heavy atom. The number of alkyl halides is 3. The largest absolute Gasteiger partial charge is 0.418 e. The van der Waals surface area contributed by atoms with Gasteiger partial charge in [0.25, 0.3) is 0 Å². The van der Waals surface area contributed by atoms with Crippen LogP contribution in [0, 0.1) is 11.3 Å². The molecular weight excluding hydrogens is 293 g/mol. The second-order valence-electron chi connectivity index (χ2n) is 4.48. The number of benzene rings is 1. The van der Waals surface area contributed by atoms with Gasteiger partial charge in [-0.15, -0.1) is 0 Å². The molecule has 22 heavy (non-hydrogen) atoms. The van der Waals surface area contributed by atoms with Crippen LogP contribution in [0.3, 0.4) is 0 Å². The van der Waals surface area contributed by atoms with Crippen molar-refractivity contribution in [2.24, 2.45) is 0 Å². The summed E-state index contributed by atoms with van der Waals surface area (Å²) in [5, 5.41) is 9.41. The molecule has 3 rings (SSSR count). The highest BCUT2D eigenvalue weighted by molar-refractivity contribution is 5.80. The number of hydrogen-bond acceptors (Lipinski definition) is 4. The van der Waals surface area contributed by atoms with Crippen molar-refractivity contribution in [3.63, 3.8) is 0 Å². The second-order valence-corrected chi connectivity index (χ2v) is 4.48. The van der Waals surface area contributed by atoms with Crippen LogP contribution >= 0.6 is 0 Å². The number of hydrogen-bond donors (Lipinski definition) is 0. The van der Waals surface area contributed by atoms with E-state index in [2.05, 4.69) is 15.0 Å². The van der Waals surface area contributed by atoms with Gasteiger partial charge in [0.15, 0.2) is 5.82 Å². The van der Waals surface area contributed by atoms with E-state index in [1.807, 2.05) is 6.07 Å². The molecule has 0 saturated heterocycles. The van der Waals surface area contributed by atoms with E-state index in [-0.39, 0.29) is 11.5 Å². The zero-order valence-electron chi connectivity index (χ0n) is 11.0. The van der Waals surface area contributed by atoms with Crippen molar-refractivity contribution in [1.29, 1.82) is 5.26 Å². The molecular formula is C15H7F3N4. The lowest BCUT2D eigenvalue weighted by Crippen LogP contribution is -2.09. The van der Waals surface area contributed by atoms with Crippen LogP contribution in [0.1, 0.15) is 11.1 Å². The Balaban J connectivity index is 2.18. The summed E-state index contributed by atoms with van der Waals surface area (Å²) in [6.07, 6.45) is -1.89. The second kappa shape index (κ2) is 5.07. The van der Waals surface area contributed by atoms with E-state index in [4.69, 9.17) is 5.26 Å². The number of rotatable bonds is 1. The normalized spacial score (nSPS) is 11.4. The van der Waals surface area contributed by atoms with Crippen LogP contribution in [0.25, 0.3) is 22.4 Å². The van der Waals surface area contributed by atoms with Crippen molar-refractivity contribution in [2.45, 2.75) is 6.18 Å². The van der Waals surface area contributed by atoms with Gasteiger partial charge in [-0.05, 0) is 30.3 Å². The van der Waals surface area contributed by atoms with Crippen LogP contribution < -0.4 is 0 Å². The van der Waals surface area contributed by atoms with E-state index >= 15 is 0 Å². The van der Waals surface area contributed by atoms with Gasteiger partial charge in [0.1, 0.15) is 5.69 Å². The first-order valence-electron chi connectivity index (χ1n) is 6.18. The molecule has 108 valence electrons. The third-order valence-corrected chi connectivity index (χ3v) is 3.03. The predicted octanol–water partition coefficient (Wildman–Crippen LogP) is 3.58. The van der Waals surface area contributed by atoms with E-state index in [1.165, 1.54) is 18.5 Å². The number of halogens is 3. The molecule has 0 atom stereocenters. The quantitative estimate of drug-likeness (QED) is 0.689. The van der Waals surface area contributed by atoms with Crippen molar-refractivity contribution in [2.75, 3.05) is 0 Å². The lowest BCUT2D eigenvalue weighted by atomic mass is 10.1. The highest BCUT2D eigenvalue weighted by atomic mass is 19.4. The van der Waals surface area contributed by atoms with E-state index < -0.39 is 11.7 Å². The Labute approximate surface area is 122 Å². The van der Waals surface area contributed by atoms with Crippen molar-refractivity contribution in [1.82, 2.24) is 15.0 Å². The maximum absolute atomic E-state index is 13.0. The molecule has 0 aliphatic carbocycles. The summed E-state index contributed by atoms with van der Waals surface area (Å²) < 4.78 is 39.0. The zero-order chi connectivity index (χ0) is 15.7. The molecule has 0 aliphatic rings. The standard InChI is InChI=1S/C15H7F3N4/c16-15(17,18)11-2-1-5-20-13(11)14-21-8-10-6-9(7-19)3-4-12(10)22-14/h1-6,8H. The van der Waals surface area contributed by atoms with Gasteiger partial charge in [-0.3, -0.25) is 4.98 Å². The molecule has 2 heterocycles. The third kappa shape index (κ3) is 2.46. The molecule has 2 aromatic heterocycles. The average molecular weight is 300 g/mol. The summed E-state index contributed by atoms with van der Waals surface area (Å²) in [4.78, 5) is 11.8. The fourth-order valence-electron chi connectivity index (χ4n) is 2.03. The molecule has 0 amide bonds. The van der Waals surface area contributed by atoms with E-state index in [9.17, 15) is 13.2 Å². The van der Waals surface area contributed by atoms with Gasteiger partial charge >= 0.3 is 6.18 Å². The van der Waals surface area contributed by atoms with Crippen LogP contribution in [-0.2, 0) is 6.18 Å². The average Bonchev–Trinajstić information content (AvgIpc) is 2.53. The van der Waals surface area contributed by atoms with Gasteiger partial charge in [-0.25, -0.2) is 9.97 Å². The maximum Gasteiger partial charge on any atom is 0.418 e. The zero-order valence-corrected chi connectivity index (χ0v) is 11.0.